The first-order valence-corrected chi connectivity index (χ1v) is 10.8. The molecule has 0 spiro atoms. The van der Waals surface area contributed by atoms with Crippen LogP contribution in [-0.2, 0) is 9.47 Å². The van der Waals surface area contributed by atoms with Gasteiger partial charge in [-0.15, -0.1) is 0 Å². The average molecular weight is 525 g/mol. The lowest BCUT2D eigenvalue weighted by Crippen LogP contribution is -2.21. The van der Waals surface area contributed by atoms with Gasteiger partial charge in [0.05, 0.1) is 28.9 Å². The fraction of sp³-hybridized carbons (Fsp3) is 0.167. The molecule has 1 atom stereocenters. The third-order valence-corrected chi connectivity index (χ3v) is 4.84. The van der Waals surface area contributed by atoms with Crippen molar-refractivity contribution < 1.29 is 43.6 Å². The number of esters is 1. The minimum atomic E-state index is -1.39. The highest BCUT2D eigenvalue weighted by molar-refractivity contribution is 6.10. The predicted molar refractivity (Wildman–Crippen MR) is 132 cm³/mol. The van der Waals surface area contributed by atoms with Crippen LogP contribution in [0, 0.1) is 0 Å². The van der Waals surface area contributed by atoms with Gasteiger partial charge in [0.2, 0.25) is 5.95 Å². The van der Waals surface area contributed by atoms with Crippen LogP contribution < -0.4 is 21.5 Å². The second-order valence-corrected chi connectivity index (χ2v) is 7.79. The third kappa shape index (κ3) is 6.70. The van der Waals surface area contributed by atoms with E-state index in [1.807, 2.05) is 0 Å². The second-order valence-electron chi connectivity index (χ2n) is 7.79. The second kappa shape index (κ2) is 11.7. The number of carboxylic acid groups (broad SMARTS) is 2. The number of benzene rings is 2. The summed E-state index contributed by atoms with van der Waals surface area (Å²) in [5.41, 5.74) is 9.91. The summed E-state index contributed by atoms with van der Waals surface area (Å²) in [4.78, 5) is 56.4. The monoisotopic (exact) mass is 525 g/mol. The zero-order valence-electron chi connectivity index (χ0n) is 20.1. The van der Waals surface area contributed by atoms with Gasteiger partial charge in [0.1, 0.15) is 29.2 Å². The van der Waals surface area contributed by atoms with Gasteiger partial charge in [-0.1, -0.05) is 0 Å². The van der Waals surface area contributed by atoms with Gasteiger partial charge in [-0.2, -0.15) is 9.97 Å². The number of hydrogen-bond acceptors (Lipinski definition) is 11. The number of amides is 1. The van der Waals surface area contributed by atoms with Crippen LogP contribution in [0.15, 0.2) is 42.5 Å². The van der Waals surface area contributed by atoms with Crippen molar-refractivity contribution in [3.63, 3.8) is 0 Å². The van der Waals surface area contributed by atoms with Crippen LogP contribution in [0.3, 0.4) is 0 Å². The zero-order chi connectivity index (χ0) is 28.0. The van der Waals surface area contributed by atoms with E-state index in [1.54, 1.807) is 6.92 Å². The molecule has 0 saturated heterocycles. The van der Waals surface area contributed by atoms with Gasteiger partial charge in [0.25, 0.3) is 5.91 Å². The van der Waals surface area contributed by atoms with Gasteiger partial charge in [-0.3, -0.25) is 10.1 Å². The van der Waals surface area contributed by atoms with E-state index >= 15 is 0 Å². The van der Waals surface area contributed by atoms with Crippen LogP contribution in [0.25, 0.3) is 0 Å². The molecular weight excluding hydrogens is 502 g/mol. The highest BCUT2D eigenvalue weighted by atomic mass is 16.6. The molecule has 1 aromatic heterocycles. The average Bonchev–Trinajstić information content (AvgIpc) is 2.83. The Morgan fingerprint density at radius 1 is 0.868 bits per heavy atom. The number of methoxy groups -OCH3 is 1. The summed E-state index contributed by atoms with van der Waals surface area (Å²) in [6, 6.07) is 8.40. The summed E-state index contributed by atoms with van der Waals surface area (Å²) in [6.07, 6.45) is -0.650. The van der Waals surface area contributed by atoms with Gasteiger partial charge in [0.15, 0.2) is 0 Å². The molecule has 0 saturated carbocycles. The van der Waals surface area contributed by atoms with Crippen molar-refractivity contribution in [2.24, 2.45) is 0 Å². The molecule has 0 aliphatic rings. The molecule has 0 fully saturated rings. The summed E-state index contributed by atoms with van der Waals surface area (Å²) in [6.45, 7) is 1.67. The first-order valence-electron chi connectivity index (χ1n) is 10.8. The summed E-state index contributed by atoms with van der Waals surface area (Å²) in [5, 5.41) is 21.3. The first kappa shape index (κ1) is 27.3. The van der Waals surface area contributed by atoms with Crippen LogP contribution in [-0.4, -0.2) is 63.8 Å². The zero-order valence-corrected chi connectivity index (χ0v) is 20.1. The Morgan fingerprint density at radius 2 is 1.39 bits per heavy atom. The number of ether oxygens (including phenoxy) is 3. The van der Waals surface area contributed by atoms with E-state index in [9.17, 15) is 29.4 Å². The SMILES string of the molecule is COCC(C)OC(=O)c1cc(Oc2ccc(C(=O)O)c(C(=O)Nc3nc(N)cc(N)n3)c2)ccc1C(=O)O. The number of nitrogens with zero attached hydrogens (tertiary/aromatic N) is 2. The van der Waals surface area contributed by atoms with Crippen LogP contribution in [0.1, 0.15) is 48.4 Å². The van der Waals surface area contributed by atoms with E-state index in [-0.39, 0.29) is 57.9 Å². The Bertz CT molecular complexity index is 1390. The van der Waals surface area contributed by atoms with Gasteiger partial charge < -0.3 is 35.9 Å². The Labute approximate surface area is 215 Å². The Balaban J connectivity index is 1.93. The quantitative estimate of drug-likeness (QED) is 0.240. The standard InChI is InChI=1S/C24H23N5O9/c1-11(10-36-2)37-23(35)17-8-13(4-6-15(17)22(33)34)38-12-3-5-14(21(31)32)16(7-12)20(30)29-24-27-18(25)9-19(26)28-24/h3-9,11H,10H2,1-2H3,(H,31,32)(H,33,34)(H5,25,26,27,28,29,30). The molecule has 7 N–H and O–H groups in total. The van der Waals surface area contributed by atoms with Crippen LogP contribution in [0.2, 0.25) is 0 Å². The maximum atomic E-state index is 12.9. The molecule has 3 aromatic rings. The van der Waals surface area contributed by atoms with Crippen molar-refractivity contribution in [1.29, 1.82) is 0 Å². The predicted octanol–water partition coefficient (Wildman–Crippen LogP) is 2.27. The third-order valence-electron chi connectivity index (χ3n) is 4.84. The summed E-state index contributed by atoms with van der Waals surface area (Å²) < 4.78 is 15.8. The van der Waals surface area contributed by atoms with Crippen molar-refractivity contribution in [2.45, 2.75) is 13.0 Å². The number of aromatic nitrogens is 2. The van der Waals surface area contributed by atoms with E-state index in [4.69, 9.17) is 25.7 Å². The number of rotatable bonds is 10. The molecule has 1 amide bonds. The fourth-order valence-electron chi connectivity index (χ4n) is 3.26. The summed E-state index contributed by atoms with van der Waals surface area (Å²) in [5.74, 6) is -4.82. The molecule has 2 aromatic carbocycles. The van der Waals surface area contributed by atoms with E-state index < -0.39 is 29.9 Å². The Kier molecular flexibility index (Phi) is 8.39. The number of carbonyl (C=O) groups excluding carboxylic acids is 2. The molecule has 1 unspecified atom stereocenters. The molecule has 1 heterocycles. The number of carboxylic acids is 2. The number of nitrogens with two attached hydrogens (primary N) is 2. The largest absolute Gasteiger partial charge is 0.478 e. The fourth-order valence-corrected chi connectivity index (χ4v) is 3.26. The maximum absolute atomic E-state index is 12.9. The van der Waals surface area contributed by atoms with Crippen LogP contribution in [0.5, 0.6) is 11.5 Å². The molecule has 0 aliphatic carbocycles. The normalized spacial score (nSPS) is 11.3. The molecular formula is C24H23N5O9. The maximum Gasteiger partial charge on any atom is 0.339 e. The Morgan fingerprint density at radius 3 is 1.92 bits per heavy atom. The van der Waals surface area contributed by atoms with Gasteiger partial charge in [-0.05, 0) is 43.3 Å². The van der Waals surface area contributed by atoms with E-state index in [2.05, 4.69) is 15.3 Å². The van der Waals surface area contributed by atoms with Crippen LogP contribution in [0.4, 0.5) is 17.6 Å². The van der Waals surface area contributed by atoms with Crippen molar-refractivity contribution in [2.75, 3.05) is 30.5 Å². The molecule has 0 aliphatic heterocycles. The van der Waals surface area contributed by atoms with Crippen molar-refractivity contribution in [3.05, 3.63) is 64.7 Å². The van der Waals surface area contributed by atoms with Gasteiger partial charge in [0, 0.05) is 13.2 Å². The number of aromatic carboxylic acids is 2. The number of nitrogen functional groups attached to an aromatic ring is 2. The highest BCUT2D eigenvalue weighted by Gasteiger charge is 2.22. The topological polar surface area (TPSA) is 226 Å². The molecule has 38 heavy (non-hydrogen) atoms. The lowest BCUT2D eigenvalue weighted by Gasteiger charge is -2.15. The number of nitrogens with one attached hydrogen (secondary N) is 1. The lowest BCUT2D eigenvalue weighted by atomic mass is 10.1. The number of hydrogen-bond donors (Lipinski definition) is 5. The number of anilines is 3. The van der Waals surface area contributed by atoms with Crippen molar-refractivity contribution in [1.82, 2.24) is 9.97 Å². The van der Waals surface area contributed by atoms with E-state index in [1.165, 1.54) is 25.3 Å². The van der Waals surface area contributed by atoms with Gasteiger partial charge >= 0.3 is 17.9 Å². The van der Waals surface area contributed by atoms with Crippen molar-refractivity contribution >= 4 is 41.4 Å². The van der Waals surface area contributed by atoms with Gasteiger partial charge in [-0.25, -0.2) is 14.4 Å². The molecule has 0 radical (unpaired) electrons. The molecule has 0 bridgehead atoms. The first-order chi connectivity index (χ1) is 18.0. The minimum absolute atomic E-state index is 0.00306. The molecule has 14 heteroatoms. The smallest absolute Gasteiger partial charge is 0.339 e. The highest BCUT2D eigenvalue weighted by Crippen LogP contribution is 2.27. The van der Waals surface area contributed by atoms with Crippen LogP contribution >= 0.6 is 0 Å². The minimum Gasteiger partial charge on any atom is -0.478 e. The molecule has 198 valence electrons. The molecule has 14 nitrogen and oxygen atoms in total. The van der Waals surface area contributed by atoms with E-state index in [0.717, 1.165) is 24.3 Å². The van der Waals surface area contributed by atoms with E-state index in [0.29, 0.717) is 0 Å². The Hall–Kier alpha value is -5.24. The lowest BCUT2D eigenvalue weighted by molar-refractivity contribution is 0.0116. The summed E-state index contributed by atoms with van der Waals surface area (Å²) in [7, 11) is 1.42. The number of carbonyl (C=O) groups is 4. The van der Waals surface area contributed by atoms with Crippen molar-refractivity contribution in [3.8, 4) is 11.5 Å². The molecule has 3 rings (SSSR count). The summed E-state index contributed by atoms with van der Waals surface area (Å²) >= 11 is 0.